The molecule has 1 aliphatic heterocycles. The van der Waals surface area contributed by atoms with Crippen LogP contribution in [0.25, 0.3) is 10.8 Å². The summed E-state index contributed by atoms with van der Waals surface area (Å²) in [5, 5.41) is 19.6. The zero-order valence-corrected chi connectivity index (χ0v) is 39.8. The second-order valence-electron chi connectivity index (χ2n) is 18.2. The minimum Gasteiger partial charge on any atom is -0.362 e. The predicted molar refractivity (Wildman–Crippen MR) is 262 cm³/mol. The number of sulfone groups is 1. The van der Waals surface area contributed by atoms with E-state index >= 15 is 0 Å². The summed E-state index contributed by atoms with van der Waals surface area (Å²) < 4.78 is 24.0. The van der Waals surface area contributed by atoms with E-state index in [-0.39, 0.29) is 15.6 Å². The Kier molecular flexibility index (Phi) is 24.1. The zero-order chi connectivity index (χ0) is 42.7. The van der Waals surface area contributed by atoms with Crippen LogP contribution in [0.4, 0.5) is 22.7 Å². The summed E-state index contributed by atoms with van der Waals surface area (Å²) >= 11 is 6.44. The van der Waals surface area contributed by atoms with Crippen LogP contribution in [0.2, 0.25) is 5.02 Å². The summed E-state index contributed by atoms with van der Waals surface area (Å²) in [6.45, 7) is 4.59. The lowest BCUT2D eigenvalue weighted by Crippen LogP contribution is -2.48. The van der Waals surface area contributed by atoms with Gasteiger partial charge in [0.2, 0.25) is 0 Å². The number of azo groups is 1. The van der Waals surface area contributed by atoms with E-state index in [1.165, 1.54) is 211 Å². The van der Waals surface area contributed by atoms with Crippen molar-refractivity contribution in [2.45, 2.75) is 230 Å². The Morgan fingerprint density at radius 3 is 1.30 bits per heavy atom. The Hall–Kier alpha value is -2.64. The topological polar surface area (TPSA) is 82.9 Å². The van der Waals surface area contributed by atoms with E-state index in [1.807, 2.05) is 6.07 Å². The van der Waals surface area contributed by atoms with Crippen molar-refractivity contribution >= 4 is 55.0 Å². The maximum atomic E-state index is 12.0. The van der Waals surface area contributed by atoms with Crippen LogP contribution in [0.5, 0.6) is 0 Å². The lowest BCUT2D eigenvalue weighted by atomic mass is 9.89. The van der Waals surface area contributed by atoms with Crippen LogP contribution in [-0.2, 0) is 9.84 Å². The molecule has 0 saturated carbocycles. The SMILES string of the molecule is CCCCCCCCCCCCCCCCCC1(CCCCCCCCCCCCCCCCC)Nc2cccc3c(/N=N/c4ccc(S(C)(=O)=O)cc4Cl)ccc(c23)N1. The molecular formula is C52H83ClN4O2S. The van der Waals surface area contributed by atoms with Gasteiger partial charge in [-0.3, -0.25) is 0 Å². The summed E-state index contributed by atoms with van der Waals surface area (Å²) in [7, 11) is -3.36. The Labute approximate surface area is 372 Å². The third-order valence-electron chi connectivity index (χ3n) is 12.8. The van der Waals surface area contributed by atoms with E-state index in [0.717, 1.165) is 40.7 Å². The largest absolute Gasteiger partial charge is 0.362 e. The Morgan fingerprint density at radius 1 is 0.500 bits per heavy atom. The van der Waals surface area contributed by atoms with Crippen molar-refractivity contribution in [1.82, 2.24) is 0 Å². The highest BCUT2D eigenvalue weighted by atomic mass is 35.5. The van der Waals surface area contributed by atoms with Crippen molar-refractivity contribution in [3.8, 4) is 0 Å². The Balaban J connectivity index is 1.27. The molecule has 0 saturated heterocycles. The fourth-order valence-electron chi connectivity index (χ4n) is 9.11. The number of hydrogen-bond donors (Lipinski definition) is 2. The second-order valence-corrected chi connectivity index (χ2v) is 20.6. The number of hydrogen-bond acceptors (Lipinski definition) is 6. The molecule has 8 heteroatoms. The number of anilines is 2. The number of unbranched alkanes of at least 4 members (excludes halogenated alkanes) is 28. The summed E-state index contributed by atoms with van der Waals surface area (Å²) in [6.07, 6.45) is 44.7. The molecular weight excluding hydrogens is 780 g/mol. The van der Waals surface area contributed by atoms with Crippen molar-refractivity contribution < 1.29 is 8.42 Å². The van der Waals surface area contributed by atoms with E-state index in [0.29, 0.717) is 5.69 Å². The highest BCUT2D eigenvalue weighted by molar-refractivity contribution is 7.90. The molecule has 0 spiro atoms. The van der Waals surface area contributed by atoms with Crippen molar-refractivity contribution in [3.05, 3.63) is 53.6 Å². The lowest BCUT2D eigenvalue weighted by molar-refractivity contribution is 0.401. The van der Waals surface area contributed by atoms with Crippen LogP contribution in [0.15, 0.2) is 63.7 Å². The van der Waals surface area contributed by atoms with E-state index in [9.17, 15) is 8.42 Å². The summed E-state index contributed by atoms with van der Waals surface area (Å²) in [5.74, 6) is 0. The predicted octanol–water partition coefficient (Wildman–Crippen LogP) is 18.4. The van der Waals surface area contributed by atoms with E-state index in [1.54, 1.807) is 6.07 Å². The average Bonchev–Trinajstić information content (AvgIpc) is 3.23. The van der Waals surface area contributed by atoms with Crippen LogP contribution in [0.3, 0.4) is 0 Å². The van der Waals surface area contributed by atoms with Gasteiger partial charge in [-0.2, -0.15) is 0 Å². The molecule has 0 bridgehead atoms. The molecule has 0 fully saturated rings. The molecule has 60 heavy (non-hydrogen) atoms. The molecule has 0 radical (unpaired) electrons. The lowest BCUT2D eigenvalue weighted by Gasteiger charge is -2.42. The van der Waals surface area contributed by atoms with Gasteiger partial charge in [-0.05, 0) is 62.1 Å². The average molecular weight is 864 g/mol. The molecule has 0 atom stereocenters. The standard InChI is InChI=1S/C52H83ClN4O2S/c1-4-6-8-10-12-14-16-18-20-22-24-26-28-30-32-41-52(42-33-31-29-27-25-23-21-19-17-15-13-11-9-7-5-2)54-49-36-34-35-45-47(39-40-50(55-52)51(45)49)56-57-48-38-37-44(43-46(48)53)60(3,58)59/h34-40,43,54-55H,4-33,41-42H2,1-3H3/b57-56+. The monoisotopic (exact) mass is 863 g/mol. The van der Waals surface area contributed by atoms with Gasteiger partial charge in [-0.25, -0.2) is 8.42 Å². The number of rotatable bonds is 35. The first-order valence-corrected chi connectivity index (χ1v) is 27.1. The van der Waals surface area contributed by atoms with Crippen molar-refractivity contribution in [2.75, 3.05) is 16.9 Å². The van der Waals surface area contributed by atoms with Crippen LogP contribution in [0.1, 0.15) is 219 Å². The molecule has 6 nitrogen and oxygen atoms in total. The molecule has 0 aliphatic carbocycles. The molecule has 1 aliphatic rings. The van der Waals surface area contributed by atoms with Crippen LogP contribution < -0.4 is 10.6 Å². The van der Waals surface area contributed by atoms with Crippen LogP contribution in [0, 0.1) is 0 Å². The van der Waals surface area contributed by atoms with Crippen molar-refractivity contribution in [2.24, 2.45) is 10.2 Å². The first-order chi connectivity index (χ1) is 29.3. The van der Waals surface area contributed by atoms with Gasteiger partial charge in [-0.1, -0.05) is 217 Å². The highest BCUT2D eigenvalue weighted by Gasteiger charge is 2.34. The summed E-state index contributed by atoms with van der Waals surface area (Å²) in [5.41, 5.74) is 3.31. The molecule has 0 aromatic heterocycles. The number of nitrogens with one attached hydrogen (secondary N) is 2. The molecule has 3 aromatic carbocycles. The normalized spacial score (nSPS) is 13.6. The first-order valence-electron chi connectivity index (χ1n) is 24.8. The summed E-state index contributed by atoms with van der Waals surface area (Å²) in [6, 6.07) is 15.2. The van der Waals surface area contributed by atoms with Crippen LogP contribution >= 0.6 is 11.6 Å². The molecule has 3 aromatic rings. The fourth-order valence-corrected chi connectivity index (χ4v) is 10.0. The van der Waals surface area contributed by atoms with E-state index in [2.05, 4.69) is 59.0 Å². The van der Waals surface area contributed by atoms with Crippen molar-refractivity contribution in [3.63, 3.8) is 0 Å². The number of benzene rings is 3. The smallest absolute Gasteiger partial charge is 0.175 e. The number of nitrogens with zero attached hydrogens (tertiary/aromatic N) is 2. The molecule has 4 rings (SSSR count). The third kappa shape index (κ3) is 18.4. The molecule has 0 unspecified atom stereocenters. The summed E-state index contributed by atoms with van der Waals surface area (Å²) in [4.78, 5) is 0.169. The highest BCUT2D eigenvalue weighted by Crippen LogP contribution is 2.45. The second kappa shape index (κ2) is 28.9. The Morgan fingerprint density at radius 2 is 0.883 bits per heavy atom. The quantitative estimate of drug-likeness (QED) is 0.0456. The van der Waals surface area contributed by atoms with Crippen LogP contribution in [-0.4, -0.2) is 20.3 Å². The van der Waals surface area contributed by atoms with Crippen molar-refractivity contribution in [1.29, 1.82) is 0 Å². The maximum absolute atomic E-state index is 12.0. The molecule has 336 valence electrons. The Bertz CT molecular complexity index is 1730. The number of halogens is 1. The van der Waals surface area contributed by atoms with Gasteiger partial charge in [0.1, 0.15) is 11.4 Å². The van der Waals surface area contributed by atoms with Gasteiger partial charge in [0.15, 0.2) is 9.84 Å². The maximum Gasteiger partial charge on any atom is 0.175 e. The van der Waals surface area contributed by atoms with Gasteiger partial charge in [0, 0.05) is 28.4 Å². The zero-order valence-electron chi connectivity index (χ0n) is 38.2. The molecule has 0 amide bonds. The van der Waals surface area contributed by atoms with Gasteiger partial charge in [-0.15, -0.1) is 10.2 Å². The van der Waals surface area contributed by atoms with Gasteiger partial charge in [0.05, 0.1) is 15.6 Å². The minimum absolute atomic E-state index is 0.169. The first kappa shape index (κ1) is 50.0. The fraction of sp³-hybridized carbons (Fsp3) is 0.692. The van der Waals surface area contributed by atoms with Gasteiger partial charge >= 0.3 is 0 Å². The molecule has 2 N–H and O–H groups in total. The van der Waals surface area contributed by atoms with E-state index < -0.39 is 9.84 Å². The minimum atomic E-state index is -3.36. The molecule has 1 heterocycles. The van der Waals surface area contributed by atoms with Gasteiger partial charge < -0.3 is 10.6 Å². The van der Waals surface area contributed by atoms with E-state index in [4.69, 9.17) is 11.6 Å². The van der Waals surface area contributed by atoms with Gasteiger partial charge in [0.25, 0.3) is 0 Å². The third-order valence-corrected chi connectivity index (χ3v) is 14.2.